The second-order valence-electron chi connectivity index (χ2n) is 11.2. The molecule has 12 heteroatoms. The highest BCUT2D eigenvalue weighted by atomic mass is 32.2. The summed E-state index contributed by atoms with van der Waals surface area (Å²) in [6, 6.07) is 0.364. The number of rotatable bonds is 16. The molecule has 0 bridgehead atoms. The Morgan fingerprint density at radius 1 is 1.13 bits per heavy atom. The van der Waals surface area contributed by atoms with Gasteiger partial charge >= 0.3 is 5.69 Å². The molecule has 0 aliphatic carbocycles. The van der Waals surface area contributed by atoms with Crippen LogP contribution < -0.4 is 11.2 Å². The third-order valence-electron chi connectivity index (χ3n) is 6.19. The third kappa shape index (κ3) is 10.7. The lowest BCUT2D eigenvalue weighted by Gasteiger charge is -2.37. The third-order valence-corrected chi connectivity index (χ3v) is 9.47. The Hall–Kier alpha value is -1.07. The van der Waals surface area contributed by atoms with Gasteiger partial charge in [0.25, 0.3) is 14.1 Å². The fraction of sp³-hybridized carbons (Fsp3) is 0.815. The first-order valence-corrected chi connectivity index (χ1v) is 16.0. The van der Waals surface area contributed by atoms with Gasteiger partial charge < -0.3 is 18.5 Å². The van der Waals surface area contributed by atoms with Gasteiger partial charge in [0.15, 0.2) is 5.12 Å². The molecule has 1 aliphatic heterocycles. The van der Waals surface area contributed by atoms with Crippen LogP contribution in [-0.2, 0) is 23.3 Å². The number of ether oxygens (including phenoxy) is 2. The minimum absolute atomic E-state index is 0.0163. The van der Waals surface area contributed by atoms with Crippen molar-refractivity contribution in [1.82, 2.24) is 14.2 Å². The van der Waals surface area contributed by atoms with Gasteiger partial charge in [0.1, 0.15) is 6.23 Å². The molecule has 1 fully saturated rings. The maximum atomic E-state index is 12.6. The molecule has 0 aromatic carbocycles. The van der Waals surface area contributed by atoms with Crippen molar-refractivity contribution < 1.29 is 23.3 Å². The largest absolute Gasteiger partial charge is 0.378 e. The summed E-state index contributed by atoms with van der Waals surface area (Å²) in [6.07, 6.45) is 1.73. The van der Waals surface area contributed by atoms with Crippen molar-refractivity contribution in [2.75, 3.05) is 25.6 Å². The molecule has 1 aliphatic rings. The fourth-order valence-corrected chi connectivity index (χ4v) is 6.82. The maximum absolute atomic E-state index is 12.6. The van der Waals surface area contributed by atoms with Crippen molar-refractivity contribution in [1.29, 1.82) is 0 Å². The SMILES string of the molecule is Cc1cn(C2CC(OP(OCCOCCSC(=O)C(C)C)N(C(C)C)C(C)C)C(CC(C)C)O2)c(=O)[nH]c1=O. The zero-order chi connectivity index (χ0) is 29.3. The van der Waals surface area contributed by atoms with Crippen LogP contribution in [0.3, 0.4) is 0 Å². The Bertz CT molecular complexity index is 1010. The summed E-state index contributed by atoms with van der Waals surface area (Å²) < 4.78 is 28.7. The molecule has 0 spiro atoms. The van der Waals surface area contributed by atoms with E-state index >= 15 is 0 Å². The molecule has 1 saturated heterocycles. The van der Waals surface area contributed by atoms with E-state index < -0.39 is 26.0 Å². The predicted octanol–water partition coefficient (Wildman–Crippen LogP) is 4.86. The lowest BCUT2D eigenvalue weighted by molar-refractivity contribution is -0.113. The molecule has 10 nitrogen and oxygen atoms in total. The second kappa shape index (κ2) is 16.4. The van der Waals surface area contributed by atoms with Crippen LogP contribution in [0, 0.1) is 18.8 Å². The van der Waals surface area contributed by atoms with Crippen LogP contribution in [0.4, 0.5) is 0 Å². The van der Waals surface area contributed by atoms with Gasteiger partial charge in [-0.3, -0.25) is 19.1 Å². The molecular formula is C27H48N3O7PS. The number of hydrogen-bond donors (Lipinski definition) is 1. The number of nitrogens with zero attached hydrogens (tertiary/aromatic N) is 2. The minimum atomic E-state index is -1.45. The van der Waals surface area contributed by atoms with E-state index in [1.54, 1.807) is 13.1 Å². The minimum Gasteiger partial charge on any atom is -0.378 e. The summed E-state index contributed by atoms with van der Waals surface area (Å²) in [4.78, 5) is 38.6. The number of nitrogens with one attached hydrogen (secondary N) is 1. The Morgan fingerprint density at radius 2 is 1.79 bits per heavy atom. The van der Waals surface area contributed by atoms with Crippen LogP contribution in [0.25, 0.3) is 0 Å². The van der Waals surface area contributed by atoms with E-state index in [0.29, 0.717) is 43.5 Å². The standard InChI is InChI=1S/C27H48N3O7PS/c1-17(2)14-22-23(15-24(36-22)29-16-21(9)25(31)28-27(29)33)37-38(30(19(5)6)20(7)8)35-11-10-34-12-13-39-26(32)18(3)4/h16-20,22-24H,10-15H2,1-9H3,(H,28,31,33). The average molecular weight is 590 g/mol. The van der Waals surface area contributed by atoms with Gasteiger partial charge in [-0.25, -0.2) is 9.46 Å². The maximum Gasteiger partial charge on any atom is 0.330 e. The van der Waals surface area contributed by atoms with Gasteiger partial charge in [0, 0.05) is 41.9 Å². The second-order valence-corrected chi connectivity index (χ2v) is 13.7. The van der Waals surface area contributed by atoms with Crippen LogP contribution in [-0.4, -0.2) is 69.2 Å². The molecular weight excluding hydrogens is 541 g/mol. The van der Waals surface area contributed by atoms with E-state index in [1.807, 2.05) is 13.8 Å². The van der Waals surface area contributed by atoms with Crippen molar-refractivity contribution in [3.8, 4) is 0 Å². The summed E-state index contributed by atoms with van der Waals surface area (Å²) >= 11 is 1.30. The Kier molecular flexibility index (Phi) is 14.3. The van der Waals surface area contributed by atoms with E-state index in [-0.39, 0.29) is 35.3 Å². The summed E-state index contributed by atoms with van der Waals surface area (Å²) in [7, 11) is -1.45. The first kappa shape index (κ1) is 34.1. The van der Waals surface area contributed by atoms with Crippen LogP contribution in [0.1, 0.15) is 80.0 Å². The van der Waals surface area contributed by atoms with Crippen LogP contribution in [0.2, 0.25) is 0 Å². The van der Waals surface area contributed by atoms with Crippen LogP contribution in [0.5, 0.6) is 0 Å². The van der Waals surface area contributed by atoms with Crippen molar-refractivity contribution in [2.45, 2.75) is 106 Å². The number of H-pyrrole nitrogens is 1. The molecule has 224 valence electrons. The van der Waals surface area contributed by atoms with Gasteiger partial charge in [-0.1, -0.05) is 39.5 Å². The van der Waals surface area contributed by atoms with E-state index in [0.717, 1.165) is 6.42 Å². The molecule has 0 saturated carbocycles. The normalized spacial score (nSPS) is 20.7. The molecule has 2 heterocycles. The van der Waals surface area contributed by atoms with Crippen molar-refractivity contribution in [2.24, 2.45) is 11.8 Å². The number of thioether (sulfide) groups is 1. The average Bonchev–Trinajstić information content (AvgIpc) is 3.20. The number of carbonyl (C=O) groups is 1. The Morgan fingerprint density at radius 3 is 2.38 bits per heavy atom. The molecule has 0 radical (unpaired) electrons. The lowest BCUT2D eigenvalue weighted by atomic mass is 10.0. The quantitative estimate of drug-likeness (QED) is 0.213. The molecule has 1 N–H and O–H groups in total. The van der Waals surface area contributed by atoms with Gasteiger partial charge in [0.05, 0.1) is 32.0 Å². The monoisotopic (exact) mass is 589 g/mol. The summed E-state index contributed by atoms with van der Waals surface area (Å²) in [5.41, 5.74) is -0.435. The summed E-state index contributed by atoms with van der Waals surface area (Å²) in [5, 5.41) is 0.170. The van der Waals surface area contributed by atoms with Gasteiger partial charge in [0.2, 0.25) is 0 Å². The summed E-state index contributed by atoms with van der Waals surface area (Å²) in [5.74, 6) is 0.997. The first-order chi connectivity index (χ1) is 18.3. The number of carbonyl (C=O) groups excluding carboxylic acids is 1. The fourth-order valence-electron chi connectivity index (χ4n) is 4.34. The number of aromatic nitrogens is 2. The number of hydrogen-bond acceptors (Lipinski definition) is 9. The highest BCUT2D eigenvalue weighted by Gasteiger charge is 2.41. The smallest absolute Gasteiger partial charge is 0.330 e. The van der Waals surface area contributed by atoms with Crippen molar-refractivity contribution in [3.05, 3.63) is 32.6 Å². The zero-order valence-electron chi connectivity index (χ0n) is 25.0. The molecule has 1 aromatic rings. The predicted molar refractivity (Wildman–Crippen MR) is 157 cm³/mol. The molecule has 4 unspecified atom stereocenters. The Labute approximate surface area is 238 Å². The van der Waals surface area contributed by atoms with Crippen LogP contribution >= 0.6 is 20.3 Å². The van der Waals surface area contributed by atoms with E-state index in [9.17, 15) is 14.4 Å². The number of aromatic amines is 1. The lowest BCUT2D eigenvalue weighted by Crippen LogP contribution is -2.36. The van der Waals surface area contributed by atoms with Crippen LogP contribution in [0.15, 0.2) is 15.8 Å². The highest BCUT2D eigenvalue weighted by Crippen LogP contribution is 2.50. The van der Waals surface area contributed by atoms with E-state index in [2.05, 4.69) is 51.2 Å². The topological polar surface area (TPSA) is 112 Å². The van der Waals surface area contributed by atoms with Crippen molar-refractivity contribution in [3.63, 3.8) is 0 Å². The Balaban J connectivity index is 2.11. The molecule has 2 rings (SSSR count). The van der Waals surface area contributed by atoms with Crippen molar-refractivity contribution >= 4 is 25.4 Å². The molecule has 0 amide bonds. The first-order valence-electron chi connectivity index (χ1n) is 13.9. The summed E-state index contributed by atoms with van der Waals surface area (Å²) in [6.45, 7) is 19.4. The zero-order valence-corrected chi connectivity index (χ0v) is 26.7. The molecule has 1 aromatic heterocycles. The van der Waals surface area contributed by atoms with Gasteiger partial charge in [-0.2, -0.15) is 0 Å². The molecule has 4 atom stereocenters. The van der Waals surface area contributed by atoms with E-state index in [1.165, 1.54) is 16.3 Å². The van der Waals surface area contributed by atoms with Gasteiger partial charge in [-0.15, -0.1) is 0 Å². The van der Waals surface area contributed by atoms with E-state index in [4.69, 9.17) is 18.5 Å². The van der Waals surface area contributed by atoms with Gasteiger partial charge in [-0.05, 0) is 47.0 Å². The number of aryl methyl sites for hydroxylation is 1. The highest BCUT2D eigenvalue weighted by molar-refractivity contribution is 8.13. The molecule has 39 heavy (non-hydrogen) atoms.